The Labute approximate surface area is 385 Å². The second-order valence-electron chi connectivity index (χ2n) is 18.4. The largest absolute Gasteiger partial charge is 0.461 e. The van der Waals surface area contributed by atoms with Crippen molar-refractivity contribution in [2.24, 2.45) is 0 Å². The monoisotopic (exact) mass is 902 g/mol. The van der Waals surface area contributed by atoms with E-state index in [-0.39, 0.29) is 34.4 Å². The van der Waals surface area contributed by atoms with Gasteiger partial charge in [0.25, 0.3) is 11.4 Å². The third-order valence-electron chi connectivity index (χ3n) is 14.2. The van der Waals surface area contributed by atoms with E-state index in [1.807, 2.05) is 72.5 Å². The topological polar surface area (TPSA) is 155 Å². The molecular weight excluding hydrogens is 845 g/mol. The van der Waals surface area contributed by atoms with Crippen molar-refractivity contribution in [1.29, 1.82) is 0 Å². The predicted octanol–water partition coefficient (Wildman–Crippen LogP) is 7.96. The van der Waals surface area contributed by atoms with Gasteiger partial charge >= 0.3 is 0 Å². The number of hydrogen-bond acceptors (Lipinski definition) is 14. The molecule has 66 heavy (non-hydrogen) atoms. The lowest BCUT2D eigenvalue weighted by Gasteiger charge is -2.46. The molecule has 5 aliphatic heterocycles. The summed E-state index contributed by atoms with van der Waals surface area (Å²) in [6, 6.07) is 22.7. The molecule has 0 saturated carbocycles. The summed E-state index contributed by atoms with van der Waals surface area (Å²) < 4.78 is 38.7. The van der Waals surface area contributed by atoms with Gasteiger partial charge in [-0.1, -0.05) is 36.4 Å². The zero-order chi connectivity index (χ0) is 46.4. The first-order valence-corrected chi connectivity index (χ1v) is 22.6. The molecule has 0 amide bonds. The Morgan fingerprint density at radius 1 is 0.500 bits per heavy atom. The highest BCUT2D eigenvalue weighted by atomic mass is 16.6. The van der Waals surface area contributed by atoms with E-state index in [2.05, 4.69) is 61.8 Å². The number of non-ortho nitro benzene ring substituents is 2. The molecule has 9 rings (SSSR count). The Morgan fingerprint density at radius 3 is 1.21 bits per heavy atom. The molecule has 0 bridgehead atoms. The summed E-state index contributed by atoms with van der Waals surface area (Å²) in [6.07, 6.45) is 7.89. The SMILES string of the molecule is CN1c2ccccc2C(C)(C)C12C=Cc1cc([N+](=O)[O-])cc(N3CCOCCOCCOCCN(c4cc([N+](=O)[O-])cc5c4OC4(C=C5)N(C)c5ccccc5C4(C)C)CCOCC3)c1O2. The minimum Gasteiger partial charge on any atom is -0.461 e. The van der Waals surface area contributed by atoms with Gasteiger partial charge < -0.3 is 48.0 Å². The second kappa shape index (κ2) is 17.5. The van der Waals surface area contributed by atoms with E-state index in [0.29, 0.717) is 99.8 Å². The van der Waals surface area contributed by atoms with Crippen LogP contribution in [0.3, 0.4) is 0 Å². The fourth-order valence-electron chi connectivity index (χ4n) is 10.4. The minimum absolute atomic E-state index is 0.0574. The van der Waals surface area contributed by atoms with Crippen LogP contribution in [0.15, 0.2) is 84.9 Å². The Morgan fingerprint density at radius 2 is 0.848 bits per heavy atom. The summed E-state index contributed by atoms with van der Waals surface area (Å²) in [6.45, 7) is 12.6. The van der Waals surface area contributed by atoms with Crippen LogP contribution in [0, 0.1) is 20.2 Å². The van der Waals surface area contributed by atoms with Crippen molar-refractivity contribution < 1.29 is 38.3 Å². The first kappa shape index (κ1) is 45.0. The van der Waals surface area contributed by atoms with Crippen LogP contribution in [0.2, 0.25) is 0 Å². The van der Waals surface area contributed by atoms with E-state index in [0.717, 1.165) is 22.5 Å². The lowest BCUT2D eigenvalue weighted by Crippen LogP contribution is -2.58. The van der Waals surface area contributed by atoms with Crippen LogP contribution < -0.4 is 29.1 Å². The van der Waals surface area contributed by atoms with Crippen molar-refractivity contribution >= 4 is 46.3 Å². The Bertz CT molecular complexity index is 2410. The van der Waals surface area contributed by atoms with Crippen LogP contribution in [0.1, 0.15) is 49.9 Å². The fraction of sp³-hybridized carbons (Fsp3) is 0.440. The molecule has 16 nitrogen and oxygen atoms in total. The summed E-state index contributed by atoms with van der Waals surface area (Å²) >= 11 is 0. The number of ether oxygens (including phenoxy) is 6. The number of para-hydroxylation sites is 2. The molecule has 2 atom stereocenters. The van der Waals surface area contributed by atoms with Crippen LogP contribution in [0.4, 0.5) is 34.1 Å². The number of nitrogens with zero attached hydrogens (tertiary/aromatic N) is 6. The Kier molecular flexibility index (Phi) is 12.0. The molecule has 4 aromatic rings. The van der Waals surface area contributed by atoms with Crippen LogP contribution in [-0.4, -0.2) is 114 Å². The summed E-state index contributed by atoms with van der Waals surface area (Å²) in [7, 11) is 4.03. The molecule has 0 N–H and O–H groups in total. The van der Waals surface area contributed by atoms with Gasteiger partial charge in [-0.25, -0.2) is 0 Å². The average molecular weight is 903 g/mol. The van der Waals surface area contributed by atoms with E-state index in [4.69, 9.17) is 28.4 Å². The summed E-state index contributed by atoms with van der Waals surface area (Å²) in [5.74, 6) is 1.07. The van der Waals surface area contributed by atoms with Crippen molar-refractivity contribution in [1.82, 2.24) is 0 Å². The van der Waals surface area contributed by atoms with E-state index in [1.165, 1.54) is 0 Å². The maximum absolute atomic E-state index is 12.4. The first-order valence-electron chi connectivity index (χ1n) is 22.6. The molecule has 0 aromatic heterocycles. The maximum atomic E-state index is 12.4. The number of rotatable bonds is 4. The molecule has 0 aliphatic carbocycles. The minimum atomic E-state index is -0.916. The van der Waals surface area contributed by atoms with Crippen LogP contribution in [0.25, 0.3) is 12.2 Å². The molecule has 2 spiro atoms. The molecule has 1 fully saturated rings. The third-order valence-corrected chi connectivity index (χ3v) is 14.2. The number of nitro benzene ring substituents is 2. The Balaban J connectivity index is 1.01. The lowest BCUT2D eigenvalue weighted by atomic mass is 9.76. The quantitative estimate of drug-likeness (QED) is 0.144. The fourth-order valence-corrected chi connectivity index (χ4v) is 10.4. The van der Waals surface area contributed by atoms with Gasteiger partial charge in [-0.3, -0.25) is 20.2 Å². The van der Waals surface area contributed by atoms with Gasteiger partial charge in [0.1, 0.15) is 0 Å². The maximum Gasteiger partial charge on any atom is 0.272 e. The zero-order valence-corrected chi connectivity index (χ0v) is 38.5. The number of benzene rings is 4. The van der Waals surface area contributed by atoms with Gasteiger partial charge in [0, 0.05) is 87.0 Å². The standard InChI is InChI=1S/C50H58N6O10/c1-47(2)39-11-7-9-13-41(39)51(5)49(47)17-15-35-31-37(55(57)58)33-43(45(35)65-49)53-19-23-61-24-20-54(22-26-63-28-30-64-29-27-62-25-21-53)44-34-38(56(59)60)32-36-16-18-50(66-46(36)44)48(3,4)40-12-8-10-14-42(40)52(50)6/h7-18,31-34H,19-30H2,1-6H3. The number of fused-ring (bicyclic) bond motifs is 4. The predicted molar refractivity (Wildman–Crippen MR) is 254 cm³/mol. The highest BCUT2D eigenvalue weighted by Crippen LogP contribution is 2.57. The van der Waals surface area contributed by atoms with Crippen molar-refractivity contribution in [3.63, 3.8) is 0 Å². The zero-order valence-electron chi connectivity index (χ0n) is 38.5. The molecule has 16 heteroatoms. The molecule has 348 valence electrons. The molecule has 2 unspecified atom stereocenters. The van der Waals surface area contributed by atoms with Crippen molar-refractivity contribution in [2.45, 2.75) is 50.0 Å². The Hall–Kier alpha value is -6.20. The van der Waals surface area contributed by atoms with E-state index >= 15 is 0 Å². The number of anilines is 4. The van der Waals surface area contributed by atoms with Crippen LogP contribution in [0.5, 0.6) is 11.5 Å². The summed E-state index contributed by atoms with van der Waals surface area (Å²) in [5.41, 5.74) is 3.78. The van der Waals surface area contributed by atoms with Gasteiger partial charge in [0.2, 0.25) is 11.4 Å². The number of nitro groups is 2. The van der Waals surface area contributed by atoms with Crippen LogP contribution in [-0.2, 0) is 29.8 Å². The van der Waals surface area contributed by atoms with Gasteiger partial charge in [0.05, 0.1) is 84.9 Å². The van der Waals surface area contributed by atoms with E-state index < -0.39 is 22.3 Å². The average Bonchev–Trinajstić information content (AvgIpc) is 3.57. The first-order chi connectivity index (χ1) is 31.7. The molecule has 5 heterocycles. The summed E-state index contributed by atoms with van der Waals surface area (Å²) in [5, 5.41) is 24.8. The second-order valence-corrected chi connectivity index (χ2v) is 18.4. The molecule has 4 aromatic carbocycles. The number of hydrogen-bond donors (Lipinski definition) is 0. The number of likely N-dealkylation sites (N-methyl/N-ethyl adjacent to an activating group) is 2. The highest BCUT2D eigenvalue weighted by Gasteiger charge is 2.59. The van der Waals surface area contributed by atoms with Crippen molar-refractivity contribution in [2.75, 3.05) is 113 Å². The molecule has 1 saturated heterocycles. The molecule has 5 aliphatic rings. The molecule has 0 radical (unpaired) electrons. The highest BCUT2D eigenvalue weighted by molar-refractivity contribution is 5.81. The van der Waals surface area contributed by atoms with E-state index in [1.54, 1.807) is 24.3 Å². The summed E-state index contributed by atoms with van der Waals surface area (Å²) in [4.78, 5) is 32.4. The van der Waals surface area contributed by atoms with Gasteiger partial charge in [-0.05, 0) is 75.3 Å². The van der Waals surface area contributed by atoms with Crippen molar-refractivity contribution in [3.8, 4) is 11.5 Å². The van der Waals surface area contributed by atoms with Crippen molar-refractivity contribution in [3.05, 3.63) is 127 Å². The molecular formula is C50H58N6O10. The van der Waals surface area contributed by atoms with E-state index in [9.17, 15) is 20.2 Å². The van der Waals surface area contributed by atoms with Crippen LogP contribution >= 0.6 is 0 Å². The van der Waals surface area contributed by atoms with Gasteiger partial charge in [-0.2, -0.15) is 0 Å². The third kappa shape index (κ3) is 7.49. The van der Waals surface area contributed by atoms with Gasteiger partial charge in [-0.15, -0.1) is 0 Å². The van der Waals surface area contributed by atoms with Gasteiger partial charge in [0.15, 0.2) is 11.5 Å². The lowest BCUT2D eigenvalue weighted by molar-refractivity contribution is -0.385. The smallest absolute Gasteiger partial charge is 0.272 e. The normalized spacial score (nSPS) is 23.8.